The first-order valence-corrected chi connectivity index (χ1v) is 9.97. The number of aromatic hydroxyl groups is 1. The highest BCUT2D eigenvalue weighted by atomic mass is 32.1. The van der Waals surface area contributed by atoms with Crippen LogP contribution in [0.5, 0.6) is 5.75 Å². The van der Waals surface area contributed by atoms with Gasteiger partial charge < -0.3 is 20.2 Å². The quantitative estimate of drug-likeness (QED) is 0.716. The Balaban J connectivity index is 1.69. The van der Waals surface area contributed by atoms with Gasteiger partial charge in [0.1, 0.15) is 11.4 Å². The highest BCUT2D eigenvalue weighted by Gasteiger charge is 2.21. The number of thiophene rings is 1. The Morgan fingerprint density at radius 1 is 1.26 bits per heavy atom. The van der Waals surface area contributed by atoms with E-state index in [2.05, 4.69) is 27.5 Å². The van der Waals surface area contributed by atoms with Crippen LogP contribution in [0.4, 0.5) is 11.8 Å². The molecule has 3 heterocycles. The number of hydrogen-bond donors (Lipinski definition) is 2. The standard InChI is InChI=1S/C19H24N6OS/c1-24(2)18-16(14-6-7-15-13(17(14)26)8-10-27-15)22-23-19(21-18)20-12-5-4-9-25(3)11-12/h6-8,10,12,26H,4-5,9,11H2,1-3H3,(H,20,21,23)/t12-/m1/s1. The summed E-state index contributed by atoms with van der Waals surface area (Å²) in [6.45, 7) is 2.10. The maximum absolute atomic E-state index is 10.7. The molecule has 0 amide bonds. The van der Waals surface area contributed by atoms with Gasteiger partial charge in [0.2, 0.25) is 5.95 Å². The summed E-state index contributed by atoms with van der Waals surface area (Å²) in [5, 5.41) is 25.7. The molecule has 27 heavy (non-hydrogen) atoms. The minimum Gasteiger partial charge on any atom is -0.507 e. The summed E-state index contributed by atoms with van der Waals surface area (Å²) >= 11 is 1.60. The number of aromatic nitrogens is 3. The van der Waals surface area contributed by atoms with Crippen LogP contribution in [0.3, 0.4) is 0 Å². The van der Waals surface area contributed by atoms with Gasteiger partial charge in [-0.3, -0.25) is 0 Å². The summed E-state index contributed by atoms with van der Waals surface area (Å²) in [4.78, 5) is 8.90. The lowest BCUT2D eigenvalue weighted by atomic mass is 10.1. The van der Waals surface area contributed by atoms with E-state index < -0.39 is 0 Å². The minimum absolute atomic E-state index is 0.225. The monoisotopic (exact) mass is 384 g/mol. The van der Waals surface area contributed by atoms with Crippen LogP contribution in [0.25, 0.3) is 21.3 Å². The van der Waals surface area contributed by atoms with Gasteiger partial charge in [-0.15, -0.1) is 21.5 Å². The molecular formula is C19H24N6OS. The van der Waals surface area contributed by atoms with Crippen molar-refractivity contribution in [3.63, 3.8) is 0 Å². The predicted molar refractivity (Wildman–Crippen MR) is 111 cm³/mol. The molecule has 2 N–H and O–H groups in total. The molecule has 0 aliphatic carbocycles. The average molecular weight is 385 g/mol. The number of piperidine rings is 1. The number of phenolic OH excluding ortho intramolecular Hbond substituents is 1. The van der Waals surface area contributed by atoms with E-state index in [-0.39, 0.29) is 5.75 Å². The van der Waals surface area contributed by atoms with Crippen molar-refractivity contribution in [3.8, 4) is 17.0 Å². The Bertz CT molecular complexity index is 957. The third-order valence-electron chi connectivity index (χ3n) is 4.91. The number of nitrogens with zero attached hydrogens (tertiary/aromatic N) is 5. The second kappa shape index (κ2) is 7.28. The molecular weight excluding hydrogens is 360 g/mol. The molecule has 2 aromatic heterocycles. The third kappa shape index (κ3) is 3.54. The highest BCUT2D eigenvalue weighted by Crippen LogP contribution is 2.39. The van der Waals surface area contributed by atoms with Gasteiger partial charge in [0.25, 0.3) is 0 Å². The molecule has 7 nitrogen and oxygen atoms in total. The molecule has 1 atom stereocenters. The van der Waals surface area contributed by atoms with Crippen molar-refractivity contribution >= 4 is 33.2 Å². The maximum atomic E-state index is 10.7. The van der Waals surface area contributed by atoms with Gasteiger partial charge in [-0.1, -0.05) is 0 Å². The molecule has 8 heteroatoms. The molecule has 0 bridgehead atoms. The van der Waals surface area contributed by atoms with Gasteiger partial charge in [-0.05, 0) is 50.0 Å². The second-order valence-electron chi connectivity index (χ2n) is 7.24. The van der Waals surface area contributed by atoms with E-state index in [4.69, 9.17) is 4.98 Å². The lowest BCUT2D eigenvalue weighted by Crippen LogP contribution is -2.40. The average Bonchev–Trinajstić information content (AvgIpc) is 3.12. The van der Waals surface area contributed by atoms with E-state index in [0.29, 0.717) is 29.1 Å². The van der Waals surface area contributed by atoms with E-state index in [1.54, 1.807) is 11.3 Å². The molecule has 1 fully saturated rings. The summed E-state index contributed by atoms with van der Waals surface area (Å²) in [5.41, 5.74) is 1.23. The van der Waals surface area contributed by atoms with Crippen LogP contribution in [-0.2, 0) is 0 Å². The molecule has 0 radical (unpaired) electrons. The number of benzene rings is 1. The number of anilines is 2. The lowest BCUT2D eigenvalue weighted by molar-refractivity contribution is 0.260. The number of rotatable bonds is 4. The fourth-order valence-corrected chi connectivity index (χ4v) is 4.34. The maximum Gasteiger partial charge on any atom is 0.245 e. The van der Waals surface area contributed by atoms with Gasteiger partial charge in [0, 0.05) is 42.3 Å². The molecule has 0 saturated carbocycles. The normalized spacial score (nSPS) is 18.0. The number of fused-ring (bicyclic) bond motifs is 1. The smallest absolute Gasteiger partial charge is 0.245 e. The van der Waals surface area contributed by atoms with Crippen LogP contribution < -0.4 is 10.2 Å². The van der Waals surface area contributed by atoms with Gasteiger partial charge in [-0.2, -0.15) is 4.98 Å². The number of hydrogen-bond acceptors (Lipinski definition) is 8. The summed E-state index contributed by atoms with van der Waals surface area (Å²) in [5.74, 6) is 1.43. The number of phenols is 1. The summed E-state index contributed by atoms with van der Waals surface area (Å²) in [6, 6.07) is 6.13. The number of nitrogens with one attached hydrogen (secondary N) is 1. The Labute approximate surface area is 162 Å². The summed E-state index contributed by atoms with van der Waals surface area (Å²) in [7, 11) is 5.97. The zero-order valence-electron chi connectivity index (χ0n) is 15.8. The van der Waals surface area contributed by atoms with E-state index in [0.717, 1.165) is 36.0 Å². The van der Waals surface area contributed by atoms with Crippen LogP contribution in [0.15, 0.2) is 23.6 Å². The Morgan fingerprint density at radius 2 is 2.11 bits per heavy atom. The van der Waals surface area contributed by atoms with E-state index in [1.807, 2.05) is 42.6 Å². The second-order valence-corrected chi connectivity index (χ2v) is 8.19. The molecule has 142 valence electrons. The molecule has 4 rings (SSSR count). The van der Waals surface area contributed by atoms with Crippen LogP contribution in [-0.4, -0.2) is 65.5 Å². The van der Waals surface area contributed by atoms with Gasteiger partial charge in [-0.25, -0.2) is 0 Å². The van der Waals surface area contributed by atoms with Crippen LogP contribution >= 0.6 is 11.3 Å². The van der Waals surface area contributed by atoms with Gasteiger partial charge in [0.05, 0.1) is 0 Å². The van der Waals surface area contributed by atoms with Crippen molar-refractivity contribution in [1.29, 1.82) is 0 Å². The van der Waals surface area contributed by atoms with Crippen molar-refractivity contribution in [3.05, 3.63) is 23.6 Å². The van der Waals surface area contributed by atoms with Crippen LogP contribution in [0.1, 0.15) is 12.8 Å². The Kier molecular flexibility index (Phi) is 4.84. The van der Waals surface area contributed by atoms with Crippen molar-refractivity contribution in [2.75, 3.05) is 44.4 Å². The summed E-state index contributed by atoms with van der Waals surface area (Å²) in [6.07, 6.45) is 2.26. The van der Waals surface area contributed by atoms with Crippen molar-refractivity contribution in [2.24, 2.45) is 0 Å². The third-order valence-corrected chi connectivity index (χ3v) is 5.79. The number of likely N-dealkylation sites (tertiary alicyclic amines) is 1. The zero-order valence-corrected chi connectivity index (χ0v) is 16.6. The molecule has 1 aliphatic rings. The van der Waals surface area contributed by atoms with E-state index in [1.165, 1.54) is 0 Å². The van der Waals surface area contributed by atoms with Gasteiger partial charge >= 0.3 is 0 Å². The van der Waals surface area contributed by atoms with Crippen LogP contribution in [0, 0.1) is 0 Å². The molecule has 1 aliphatic heterocycles. The van der Waals surface area contributed by atoms with Crippen molar-refractivity contribution < 1.29 is 5.11 Å². The molecule has 0 unspecified atom stereocenters. The Morgan fingerprint density at radius 3 is 2.89 bits per heavy atom. The first-order chi connectivity index (χ1) is 13.0. The molecule has 3 aromatic rings. The highest BCUT2D eigenvalue weighted by molar-refractivity contribution is 7.17. The minimum atomic E-state index is 0.225. The molecule has 1 aromatic carbocycles. The predicted octanol–water partition coefficient (Wildman–Crippen LogP) is 3.03. The fraction of sp³-hybridized carbons (Fsp3) is 0.421. The largest absolute Gasteiger partial charge is 0.507 e. The zero-order chi connectivity index (χ0) is 19.0. The SMILES string of the molecule is CN1CCC[C@@H](Nc2nnc(-c3ccc4sccc4c3O)c(N(C)C)n2)C1. The summed E-state index contributed by atoms with van der Waals surface area (Å²) < 4.78 is 1.04. The van der Waals surface area contributed by atoms with Gasteiger partial charge in [0.15, 0.2) is 5.82 Å². The van der Waals surface area contributed by atoms with Crippen molar-refractivity contribution in [1.82, 2.24) is 20.1 Å². The first-order valence-electron chi connectivity index (χ1n) is 9.09. The van der Waals surface area contributed by atoms with Crippen molar-refractivity contribution in [2.45, 2.75) is 18.9 Å². The van der Waals surface area contributed by atoms with Crippen LogP contribution in [0.2, 0.25) is 0 Å². The van der Waals surface area contributed by atoms with E-state index in [9.17, 15) is 5.11 Å². The lowest BCUT2D eigenvalue weighted by Gasteiger charge is -2.30. The molecule has 0 spiro atoms. The Hall–Kier alpha value is -2.45. The fourth-order valence-electron chi connectivity index (χ4n) is 3.55. The number of likely N-dealkylation sites (N-methyl/N-ethyl adjacent to an activating group) is 1. The van der Waals surface area contributed by atoms with E-state index >= 15 is 0 Å². The topological polar surface area (TPSA) is 77.4 Å². The molecule has 1 saturated heterocycles. The first kappa shape index (κ1) is 17.9.